The van der Waals surface area contributed by atoms with Gasteiger partial charge in [-0.15, -0.1) is 0 Å². The summed E-state index contributed by atoms with van der Waals surface area (Å²) in [5.74, 6) is 2.85. The highest BCUT2D eigenvalue weighted by Crippen LogP contribution is 2.39. The van der Waals surface area contributed by atoms with Gasteiger partial charge in [-0.2, -0.15) is 0 Å². The van der Waals surface area contributed by atoms with E-state index in [2.05, 4.69) is 10.6 Å². The average molecular weight is 294 g/mol. The van der Waals surface area contributed by atoms with Crippen molar-refractivity contribution in [2.75, 3.05) is 41.0 Å². The van der Waals surface area contributed by atoms with E-state index in [1.807, 2.05) is 12.1 Å². The number of methoxy groups -OCH3 is 3. The Morgan fingerprint density at radius 3 is 2.38 bits per heavy atom. The maximum atomic E-state index is 5.50. The van der Waals surface area contributed by atoms with Crippen molar-refractivity contribution in [1.82, 2.24) is 10.6 Å². The Bertz CT molecular complexity index is 445. The molecule has 1 aromatic carbocycles. The van der Waals surface area contributed by atoms with Crippen LogP contribution < -0.4 is 24.8 Å². The van der Waals surface area contributed by atoms with Crippen LogP contribution in [0.1, 0.15) is 18.4 Å². The molecule has 5 heteroatoms. The highest BCUT2D eigenvalue weighted by Gasteiger charge is 2.16. The summed E-state index contributed by atoms with van der Waals surface area (Å²) in [5.41, 5.74) is 1.09. The molecule has 0 bridgehead atoms. The van der Waals surface area contributed by atoms with Crippen molar-refractivity contribution in [2.24, 2.45) is 5.92 Å². The van der Waals surface area contributed by atoms with E-state index in [0.717, 1.165) is 43.4 Å². The largest absolute Gasteiger partial charge is 0.493 e. The van der Waals surface area contributed by atoms with E-state index in [0.29, 0.717) is 11.5 Å². The molecule has 1 fully saturated rings. The second-order valence-electron chi connectivity index (χ2n) is 5.32. The number of benzene rings is 1. The second-order valence-corrected chi connectivity index (χ2v) is 5.32. The lowest BCUT2D eigenvalue weighted by molar-refractivity contribution is 0.320. The molecule has 2 N–H and O–H groups in total. The Morgan fingerprint density at radius 2 is 1.76 bits per heavy atom. The quantitative estimate of drug-likeness (QED) is 0.803. The topological polar surface area (TPSA) is 51.8 Å². The van der Waals surface area contributed by atoms with Crippen LogP contribution in [0.4, 0.5) is 0 Å². The lowest BCUT2D eigenvalue weighted by Gasteiger charge is -2.23. The maximum absolute atomic E-state index is 5.50. The van der Waals surface area contributed by atoms with Crippen molar-refractivity contribution in [3.8, 4) is 17.2 Å². The molecule has 0 aliphatic carbocycles. The van der Waals surface area contributed by atoms with Crippen LogP contribution in [0.25, 0.3) is 0 Å². The third kappa shape index (κ3) is 4.02. The Morgan fingerprint density at radius 1 is 1.05 bits per heavy atom. The molecule has 21 heavy (non-hydrogen) atoms. The number of nitrogens with one attached hydrogen (secondary N) is 2. The SMILES string of the molecule is COc1ccc(CNCC2CCNCC2)c(OC)c1OC. The van der Waals surface area contributed by atoms with Crippen LogP contribution in [0.5, 0.6) is 17.2 Å². The van der Waals surface area contributed by atoms with Crippen LogP contribution in [0.2, 0.25) is 0 Å². The summed E-state index contributed by atoms with van der Waals surface area (Å²) < 4.78 is 16.2. The van der Waals surface area contributed by atoms with E-state index in [1.54, 1.807) is 21.3 Å². The van der Waals surface area contributed by atoms with Gasteiger partial charge in [-0.3, -0.25) is 0 Å². The summed E-state index contributed by atoms with van der Waals surface area (Å²) in [4.78, 5) is 0. The van der Waals surface area contributed by atoms with E-state index in [4.69, 9.17) is 14.2 Å². The first kappa shape index (κ1) is 15.9. The molecular formula is C16H26N2O3. The zero-order chi connectivity index (χ0) is 15.1. The lowest BCUT2D eigenvalue weighted by atomic mass is 9.98. The lowest BCUT2D eigenvalue weighted by Crippen LogP contribution is -2.33. The molecular weight excluding hydrogens is 268 g/mol. The molecule has 0 atom stereocenters. The van der Waals surface area contributed by atoms with Gasteiger partial charge in [0.05, 0.1) is 21.3 Å². The van der Waals surface area contributed by atoms with Crippen molar-refractivity contribution in [3.63, 3.8) is 0 Å². The predicted octanol–water partition coefficient (Wildman–Crippen LogP) is 1.80. The fourth-order valence-corrected chi connectivity index (χ4v) is 2.80. The molecule has 0 saturated carbocycles. The molecule has 1 aromatic rings. The normalized spacial score (nSPS) is 15.8. The highest BCUT2D eigenvalue weighted by atomic mass is 16.5. The van der Waals surface area contributed by atoms with Gasteiger partial charge in [0.1, 0.15) is 0 Å². The molecule has 0 unspecified atom stereocenters. The average Bonchev–Trinajstić information content (AvgIpc) is 2.55. The molecule has 5 nitrogen and oxygen atoms in total. The smallest absolute Gasteiger partial charge is 0.203 e. The van der Waals surface area contributed by atoms with Crippen molar-refractivity contribution in [3.05, 3.63) is 17.7 Å². The summed E-state index contributed by atoms with van der Waals surface area (Å²) in [7, 11) is 4.92. The summed E-state index contributed by atoms with van der Waals surface area (Å²) in [6.07, 6.45) is 2.49. The van der Waals surface area contributed by atoms with Gasteiger partial charge in [-0.25, -0.2) is 0 Å². The number of hydrogen-bond acceptors (Lipinski definition) is 5. The van der Waals surface area contributed by atoms with Gasteiger partial charge >= 0.3 is 0 Å². The summed E-state index contributed by atoms with van der Waals surface area (Å²) in [5, 5.41) is 6.92. The van der Waals surface area contributed by atoms with Gasteiger partial charge in [0.15, 0.2) is 11.5 Å². The molecule has 1 heterocycles. The minimum absolute atomic E-state index is 0.654. The first-order valence-electron chi connectivity index (χ1n) is 7.49. The van der Waals surface area contributed by atoms with Crippen LogP contribution in [0.15, 0.2) is 12.1 Å². The first-order chi connectivity index (χ1) is 10.3. The van der Waals surface area contributed by atoms with E-state index < -0.39 is 0 Å². The van der Waals surface area contributed by atoms with E-state index >= 15 is 0 Å². The van der Waals surface area contributed by atoms with Gasteiger partial charge < -0.3 is 24.8 Å². The van der Waals surface area contributed by atoms with Gasteiger partial charge in [-0.05, 0) is 44.5 Å². The Hall–Kier alpha value is -1.46. The van der Waals surface area contributed by atoms with Gasteiger partial charge in [-0.1, -0.05) is 6.07 Å². The van der Waals surface area contributed by atoms with Crippen LogP contribution in [-0.2, 0) is 6.54 Å². The van der Waals surface area contributed by atoms with Crippen molar-refractivity contribution in [2.45, 2.75) is 19.4 Å². The number of piperidine rings is 1. The molecule has 0 radical (unpaired) electrons. The molecule has 0 spiro atoms. The molecule has 0 amide bonds. The molecule has 1 aliphatic rings. The summed E-state index contributed by atoms with van der Waals surface area (Å²) in [6.45, 7) is 4.07. The van der Waals surface area contributed by atoms with Gasteiger partial charge in [0, 0.05) is 12.1 Å². The van der Waals surface area contributed by atoms with E-state index in [9.17, 15) is 0 Å². The summed E-state index contributed by atoms with van der Waals surface area (Å²) in [6, 6.07) is 3.94. The van der Waals surface area contributed by atoms with Crippen LogP contribution >= 0.6 is 0 Å². The third-order valence-electron chi connectivity index (χ3n) is 3.99. The van der Waals surface area contributed by atoms with Gasteiger partial charge in [0.2, 0.25) is 5.75 Å². The Labute approximate surface area is 127 Å². The molecule has 1 aliphatic heterocycles. The molecule has 0 aromatic heterocycles. The monoisotopic (exact) mass is 294 g/mol. The number of rotatable bonds is 7. The van der Waals surface area contributed by atoms with Crippen molar-refractivity contribution < 1.29 is 14.2 Å². The molecule has 2 rings (SSSR count). The highest BCUT2D eigenvalue weighted by molar-refractivity contribution is 5.55. The fourth-order valence-electron chi connectivity index (χ4n) is 2.80. The predicted molar refractivity (Wildman–Crippen MR) is 83.4 cm³/mol. The first-order valence-corrected chi connectivity index (χ1v) is 7.49. The van der Waals surface area contributed by atoms with Crippen molar-refractivity contribution >= 4 is 0 Å². The Balaban J connectivity index is 1.98. The standard InChI is InChI=1S/C16H26N2O3/c1-19-14-5-4-13(15(20-2)16(14)21-3)11-18-10-12-6-8-17-9-7-12/h4-5,12,17-18H,6-11H2,1-3H3. The van der Waals surface area contributed by atoms with Crippen LogP contribution in [0.3, 0.4) is 0 Å². The van der Waals surface area contributed by atoms with E-state index in [-0.39, 0.29) is 0 Å². The minimum Gasteiger partial charge on any atom is -0.493 e. The van der Waals surface area contributed by atoms with Crippen LogP contribution in [-0.4, -0.2) is 41.0 Å². The van der Waals surface area contributed by atoms with Gasteiger partial charge in [0.25, 0.3) is 0 Å². The molecule has 1 saturated heterocycles. The zero-order valence-corrected chi connectivity index (χ0v) is 13.2. The summed E-state index contributed by atoms with van der Waals surface area (Å²) >= 11 is 0. The minimum atomic E-state index is 0.654. The third-order valence-corrected chi connectivity index (χ3v) is 3.99. The van der Waals surface area contributed by atoms with E-state index in [1.165, 1.54) is 12.8 Å². The second kappa shape index (κ2) is 8.10. The van der Waals surface area contributed by atoms with Crippen LogP contribution in [0, 0.1) is 5.92 Å². The molecule has 118 valence electrons. The maximum Gasteiger partial charge on any atom is 0.203 e. The fraction of sp³-hybridized carbons (Fsp3) is 0.625. The number of ether oxygens (including phenoxy) is 3. The Kier molecular flexibility index (Phi) is 6.14. The zero-order valence-electron chi connectivity index (χ0n) is 13.2. The van der Waals surface area contributed by atoms with Crippen molar-refractivity contribution in [1.29, 1.82) is 0 Å². The number of hydrogen-bond donors (Lipinski definition) is 2.